The number of nitrogens with one attached hydrogen (secondary N) is 2. The number of likely N-dealkylation sites (N-methyl/N-ethyl adjacent to an activating group) is 1. The normalized spacial score (nSPS) is 27.0. The van der Waals surface area contributed by atoms with Crippen LogP contribution in [0.5, 0.6) is 0 Å². The molecule has 1 fully saturated rings. The van der Waals surface area contributed by atoms with E-state index in [1.807, 2.05) is 10.5 Å². The van der Waals surface area contributed by atoms with Gasteiger partial charge in [0, 0.05) is 6.42 Å². The van der Waals surface area contributed by atoms with Crippen LogP contribution < -0.4 is 9.80 Å². The molecule has 0 saturated carbocycles. The Bertz CT molecular complexity index is 509. The SMILES string of the molecule is C[NH+]1CC[NH+](CCCc2c3c(cc4c2CCC4)CCC3)CC1. The molecule has 4 rings (SSSR count). The van der Waals surface area contributed by atoms with Gasteiger partial charge in [-0.1, -0.05) is 6.07 Å². The molecule has 22 heavy (non-hydrogen) atoms. The molecule has 1 aromatic carbocycles. The van der Waals surface area contributed by atoms with Crippen LogP contribution in [0.4, 0.5) is 0 Å². The summed E-state index contributed by atoms with van der Waals surface area (Å²) in [5.74, 6) is 0. The highest BCUT2D eigenvalue weighted by Crippen LogP contribution is 2.35. The number of aryl methyl sites for hydroxylation is 2. The zero-order valence-corrected chi connectivity index (χ0v) is 14.3. The average molecular weight is 300 g/mol. The second-order valence-electron chi connectivity index (χ2n) is 7.90. The summed E-state index contributed by atoms with van der Waals surface area (Å²) in [6, 6.07) is 2.57. The molecule has 3 aliphatic rings. The highest BCUT2D eigenvalue weighted by Gasteiger charge is 2.24. The molecule has 1 aliphatic heterocycles. The van der Waals surface area contributed by atoms with E-state index in [2.05, 4.69) is 13.1 Å². The smallest absolute Gasteiger partial charge is 0.127 e. The van der Waals surface area contributed by atoms with Gasteiger partial charge >= 0.3 is 0 Å². The number of quaternary nitrogens is 2. The Kier molecular flexibility index (Phi) is 4.23. The van der Waals surface area contributed by atoms with Gasteiger partial charge in [0.05, 0.1) is 13.6 Å². The number of fused-ring (bicyclic) bond motifs is 2. The molecule has 2 aliphatic carbocycles. The molecule has 0 spiro atoms. The summed E-state index contributed by atoms with van der Waals surface area (Å²) in [6.07, 6.45) is 11.0. The summed E-state index contributed by atoms with van der Waals surface area (Å²) in [5.41, 5.74) is 8.79. The van der Waals surface area contributed by atoms with Gasteiger partial charge in [-0.2, -0.15) is 0 Å². The minimum absolute atomic E-state index is 1.35. The molecule has 2 heteroatoms. The van der Waals surface area contributed by atoms with Crippen LogP contribution in [-0.2, 0) is 32.1 Å². The highest BCUT2D eigenvalue weighted by atomic mass is 15.2. The van der Waals surface area contributed by atoms with Crippen LogP contribution in [-0.4, -0.2) is 39.8 Å². The van der Waals surface area contributed by atoms with E-state index in [1.165, 1.54) is 84.1 Å². The Labute approximate surface area is 135 Å². The molecule has 0 bridgehead atoms. The molecule has 1 saturated heterocycles. The van der Waals surface area contributed by atoms with E-state index in [1.54, 1.807) is 27.2 Å². The van der Waals surface area contributed by atoms with Crippen molar-refractivity contribution in [2.45, 2.75) is 51.4 Å². The van der Waals surface area contributed by atoms with Crippen molar-refractivity contribution < 1.29 is 9.80 Å². The van der Waals surface area contributed by atoms with Crippen LogP contribution in [0.1, 0.15) is 47.1 Å². The summed E-state index contributed by atoms with van der Waals surface area (Å²) in [5, 5.41) is 0. The quantitative estimate of drug-likeness (QED) is 0.775. The minimum atomic E-state index is 1.35. The maximum absolute atomic E-state index is 2.57. The predicted molar refractivity (Wildman–Crippen MR) is 91.0 cm³/mol. The zero-order valence-electron chi connectivity index (χ0n) is 14.3. The Balaban J connectivity index is 1.43. The first kappa shape index (κ1) is 14.7. The zero-order chi connectivity index (χ0) is 14.9. The van der Waals surface area contributed by atoms with Crippen molar-refractivity contribution in [2.24, 2.45) is 0 Å². The number of hydrogen-bond acceptors (Lipinski definition) is 0. The Morgan fingerprint density at radius 2 is 1.50 bits per heavy atom. The summed E-state index contributed by atoms with van der Waals surface area (Å²) in [6.45, 7) is 6.90. The van der Waals surface area contributed by atoms with Crippen molar-refractivity contribution in [1.29, 1.82) is 0 Å². The average Bonchev–Trinajstić information content (AvgIpc) is 3.17. The van der Waals surface area contributed by atoms with E-state index in [0.717, 1.165) is 0 Å². The van der Waals surface area contributed by atoms with Crippen molar-refractivity contribution in [3.63, 3.8) is 0 Å². The third-order valence-electron chi connectivity index (χ3n) is 6.37. The maximum atomic E-state index is 2.57. The number of piperazine rings is 1. The van der Waals surface area contributed by atoms with Crippen molar-refractivity contribution in [3.8, 4) is 0 Å². The fourth-order valence-electron chi connectivity index (χ4n) is 5.03. The lowest BCUT2D eigenvalue weighted by molar-refractivity contribution is -1.00. The second kappa shape index (κ2) is 6.33. The fourth-order valence-corrected chi connectivity index (χ4v) is 5.03. The molecule has 0 aromatic heterocycles. The second-order valence-corrected chi connectivity index (χ2v) is 7.90. The maximum Gasteiger partial charge on any atom is 0.127 e. The molecule has 2 N–H and O–H groups in total. The molecule has 0 unspecified atom stereocenters. The van der Waals surface area contributed by atoms with E-state index in [9.17, 15) is 0 Å². The van der Waals surface area contributed by atoms with Crippen molar-refractivity contribution in [1.82, 2.24) is 0 Å². The molecular weight excluding hydrogens is 268 g/mol. The Morgan fingerprint density at radius 3 is 2.14 bits per heavy atom. The van der Waals surface area contributed by atoms with Gasteiger partial charge in [-0.15, -0.1) is 0 Å². The minimum Gasteiger partial charge on any atom is -0.328 e. The van der Waals surface area contributed by atoms with E-state index in [0.29, 0.717) is 0 Å². The van der Waals surface area contributed by atoms with E-state index in [-0.39, 0.29) is 0 Å². The Hall–Kier alpha value is -0.860. The van der Waals surface area contributed by atoms with Gasteiger partial charge in [-0.05, 0) is 72.8 Å². The van der Waals surface area contributed by atoms with Crippen molar-refractivity contribution >= 4 is 0 Å². The van der Waals surface area contributed by atoms with Gasteiger partial charge in [0.2, 0.25) is 0 Å². The summed E-state index contributed by atoms with van der Waals surface area (Å²) in [4.78, 5) is 3.58. The van der Waals surface area contributed by atoms with Crippen LogP contribution in [0.25, 0.3) is 0 Å². The first-order valence-electron chi connectivity index (χ1n) is 9.61. The third-order valence-corrected chi connectivity index (χ3v) is 6.37. The summed E-state index contributed by atoms with van der Waals surface area (Å²) < 4.78 is 0. The van der Waals surface area contributed by atoms with Crippen LogP contribution in [0, 0.1) is 0 Å². The molecule has 0 radical (unpaired) electrons. The van der Waals surface area contributed by atoms with Gasteiger partial charge < -0.3 is 9.80 Å². The number of rotatable bonds is 4. The molecule has 1 aromatic rings. The third kappa shape index (κ3) is 2.83. The molecule has 0 amide bonds. The van der Waals surface area contributed by atoms with Crippen LogP contribution >= 0.6 is 0 Å². The number of benzene rings is 1. The van der Waals surface area contributed by atoms with E-state index in [4.69, 9.17) is 0 Å². The first-order chi connectivity index (χ1) is 10.8. The predicted octanol–water partition coefficient (Wildman–Crippen LogP) is 0.00980. The van der Waals surface area contributed by atoms with Gasteiger partial charge in [-0.25, -0.2) is 0 Å². The summed E-state index contributed by atoms with van der Waals surface area (Å²) >= 11 is 0. The lowest BCUT2D eigenvalue weighted by Gasteiger charge is -2.27. The fraction of sp³-hybridized carbons (Fsp3) is 0.700. The van der Waals surface area contributed by atoms with Crippen molar-refractivity contribution in [2.75, 3.05) is 39.8 Å². The summed E-state index contributed by atoms with van der Waals surface area (Å²) in [7, 11) is 2.34. The van der Waals surface area contributed by atoms with Crippen LogP contribution in [0.15, 0.2) is 6.07 Å². The van der Waals surface area contributed by atoms with Gasteiger partial charge in [-0.3, -0.25) is 0 Å². The van der Waals surface area contributed by atoms with E-state index >= 15 is 0 Å². The molecule has 1 heterocycles. The monoisotopic (exact) mass is 300 g/mol. The van der Waals surface area contributed by atoms with Crippen LogP contribution in [0.2, 0.25) is 0 Å². The van der Waals surface area contributed by atoms with Crippen LogP contribution in [0.3, 0.4) is 0 Å². The molecule has 2 nitrogen and oxygen atoms in total. The first-order valence-corrected chi connectivity index (χ1v) is 9.61. The standard InChI is InChI=1S/C20H30N2/c1-21-11-13-22(14-12-21)10-4-9-20-18-7-2-5-16(18)15-17-6-3-8-19(17)20/h15H,2-14H2,1H3/p+2. The lowest BCUT2D eigenvalue weighted by Crippen LogP contribution is -3.27. The van der Waals surface area contributed by atoms with E-state index < -0.39 is 0 Å². The highest BCUT2D eigenvalue weighted by molar-refractivity contribution is 5.50. The molecule has 120 valence electrons. The lowest BCUT2D eigenvalue weighted by atomic mass is 9.91. The topological polar surface area (TPSA) is 8.88 Å². The van der Waals surface area contributed by atoms with Gasteiger partial charge in [0.15, 0.2) is 0 Å². The van der Waals surface area contributed by atoms with Crippen molar-refractivity contribution in [3.05, 3.63) is 33.9 Å². The van der Waals surface area contributed by atoms with Gasteiger partial charge in [0.1, 0.15) is 26.2 Å². The van der Waals surface area contributed by atoms with Gasteiger partial charge in [0.25, 0.3) is 0 Å². The Morgan fingerprint density at radius 1 is 0.864 bits per heavy atom. The molecule has 0 atom stereocenters. The largest absolute Gasteiger partial charge is 0.328 e. The number of hydrogen-bond donors (Lipinski definition) is 2. The molecular formula is C20H32N2+2.